The Labute approximate surface area is 112 Å². The summed E-state index contributed by atoms with van der Waals surface area (Å²) in [5.41, 5.74) is 9.09. The summed E-state index contributed by atoms with van der Waals surface area (Å²) in [7, 11) is 0. The number of nitrogens with two attached hydrogens (primary N) is 1. The molecule has 2 N–H and O–H groups in total. The van der Waals surface area contributed by atoms with Crippen molar-refractivity contribution in [3.8, 4) is 11.4 Å². The number of nitrogen functional groups attached to an aromatic ring is 1. The SMILES string of the molecule is Cc1cc(-c2nnnn2CC2(C)CCC2)ccc1N. The molecule has 1 saturated carbocycles. The molecule has 0 radical (unpaired) electrons. The molecule has 1 aliphatic carbocycles. The van der Waals surface area contributed by atoms with Gasteiger partial charge >= 0.3 is 0 Å². The van der Waals surface area contributed by atoms with Crippen LogP contribution in [0.3, 0.4) is 0 Å². The zero-order chi connectivity index (χ0) is 13.5. The minimum absolute atomic E-state index is 0.354. The van der Waals surface area contributed by atoms with Crippen LogP contribution in [0.25, 0.3) is 11.4 Å². The smallest absolute Gasteiger partial charge is 0.182 e. The average molecular weight is 257 g/mol. The second kappa shape index (κ2) is 4.33. The fraction of sp³-hybridized carbons (Fsp3) is 0.500. The molecule has 5 heteroatoms. The second-order valence-corrected chi connectivity index (χ2v) is 5.90. The summed E-state index contributed by atoms with van der Waals surface area (Å²) in [6, 6.07) is 5.93. The van der Waals surface area contributed by atoms with E-state index in [1.54, 1.807) is 0 Å². The van der Waals surface area contributed by atoms with Gasteiger partial charge in [0, 0.05) is 11.3 Å². The van der Waals surface area contributed by atoms with Crippen LogP contribution in [0.4, 0.5) is 5.69 Å². The average Bonchev–Trinajstić information content (AvgIpc) is 2.79. The van der Waals surface area contributed by atoms with Crippen molar-refractivity contribution < 1.29 is 0 Å². The molecule has 3 rings (SSSR count). The fourth-order valence-corrected chi connectivity index (χ4v) is 2.63. The highest BCUT2D eigenvalue weighted by molar-refractivity contribution is 5.61. The topological polar surface area (TPSA) is 69.6 Å². The molecule has 1 aromatic heterocycles. The van der Waals surface area contributed by atoms with Crippen molar-refractivity contribution in [2.24, 2.45) is 5.41 Å². The first-order valence-electron chi connectivity index (χ1n) is 6.70. The number of benzene rings is 1. The summed E-state index contributed by atoms with van der Waals surface area (Å²) in [6.07, 6.45) is 3.83. The molecule has 2 aromatic rings. The summed E-state index contributed by atoms with van der Waals surface area (Å²) in [5.74, 6) is 0.830. The number of aromatic nitrogens is 4. The van der Waals surface area contributed by atoms with Gasteiger partial charge < -0.3 is 5.73 Å². The van der Waals surface area contributed by atoms with E-state index in [9.17, 15) is 0 Å². The summed E-state index contributed by atoms with van der Waals surface area (Å²) in [6.45, 7) is 5.19. The zero-order valence-electron chi connectivity index (χ0n) is 11.4. The van der Waals surface area contributed by atoms with E-state index in [4.69, 9.17) is 5.73 Å². The summed E-state index contributed by atoms with van der Waals surface area (Å²) < 4.78 is 1.92. The standard InChI is InChI=1S/C14H19N5/c1-10-8-11(4-5-12(10)15)13-16-17-18-19(13)9-14(2)6-3-7-14/h4-5,8H,3,6-7,9,15H2,1-2H3. The third-order valence-electron chi connectivity index (χ3n) is 4.15. The number of anilines is 1. The zero-order valence-corrected chi connectivity index (χ0v) is 11.4. The molecule has 1 aliphatic rings. The molecule has 0 unspecified atom stereocenters. The number of tetrazole rings is 1. The maximum Gasteiger partial charge on any atom is 0.182 e. The van der Waals surface area contributed by atoms with Gasteiger partial charge in [0.1, 0.15) is 0 Å². The summed E-state index contributed by atoms with van der Waals surface area (Å²) in [4.78, 5) is 0. The maximum absolute atomic E-state index is 5.85. The predicted molar refractivity (Wildman–Crippen MR) is 74.4 cm³/mol. The van der Waals surface area contributed by atoms with Gasteiger partial charge in [-0.1, -0.05) is 13.3 Å². The van der Waals surface area contributed by atoms with Crippen molar-refractivity contribution in [1.82, 2.24) is 20.2 Å². The van der Waals surface area contributed by atoms with Crippen molar-refractivity contribution in [3.05, 3.63) is 23.8 Å². The Balaban J connectivity index is 1.92. The van der Waals surface area contributed by atoms with E-state index < -0.39 is 0 Å². The number of hydrogen-bond acceptors (Lipinski definition) is 4. The van der Waals surface area contributed by atoms with E-state index in [0.29, 0.717) is 5.41 Å². The van der Waals surface area contributed by atoms with Crippen LogP contribution >= 0.6 is 0 Å². The van der Waals surface area contributed by atoms with Crippen LogP contribution in [-0.2, 0) is 6.54 Å². The Kier molecular flexibility index (Phi) is 2.77. The third-order valence-corrected chi connectivity index (χ3v) is 4.15. The molecule has 19 heavy (non-hydrogen) atoms. The molecular formula is C14H19N5. The van der Waals surface area contributed by atoms with Crippen LogP contribution in [0, 0.1) is 12.3 Å². The highest BCUT2D eigenvalue weighted by Gasteiger charge is 2.33. The van der Waals surface area contributed by atoms with Crippen LogP contribution in [0.2, 0.25) is 0 Å². The highest BCUT2D eigenvalue weighted by atomic mass is 15.5. The van der Waals surface area contributed by atoms with Crippen molar-refractivity contribution in [2.75, 3.05) is 5.73 Å². The summed E-state index contributed by atoms with van der Waals surface area (Å²) in [5, 5.41) is 12.1. The van der Waals surface area contributed by atoms with Crippen molar-refractivity contribution >= 4 is 5.69 Å². The van der Waals surface area contributed by atoms with Gasteiger partial charge in [0.05, 0.1) is 6.54 Å². The molecule has 1 heterocycles. The fourth-order valence-electron chi connectivity index (χ4n) is 2.63. The number of nitrogens with zero attached hydrogens (tertiary/aromatic N) is 4. The van der Waals surface area contributed by atoms with Gasteiger partial charge in [-0.3, -0.25) is 0 Å². The van der Waals surface area contributed by atoms with E-state index in [-0.39, 0.29) is 0 Å². The van der Waals surface area contributed by atoms with Gasteiger partial charge in [0.15, 0.2) is 5.82 Å². The second-order valence-electron chi connectivity index (χ2n) is 5.90. The monoisotopic (exact) mass is 257 g/mol. The molecule has 0 saturated heterocycles. The molecule has 0 bridgehead atoms. The normalized spacial score (nSPS) is 17.2. The highest BCUT2D eigenvalue weighted by Crippen LogP contribution is 2.42. The number of aryl methyl sites for hydroxylation is 1. The lowest BCUT2D eigenvalue weighted by molar-refractivity contribution is 0.126. The van der Waals surface area contributed by atoms with Crippen molar-refractivity contribution in [3.63, 3.8) is 0 Å². The Morgan fingerprint density at radius 2 is 2.16 bits per heavy atom. The lowest BCUT2D eigenvalue weighted by Crippen LogP contribution is -2.31. The Hall–Kier alpha value is -1.91. The van der Waals surface area contributed by atoms with E-state index in [0.717, 1.165) is 29.2 Å². The van der Waals surface area contributed by atoms with Gasteiger partial charge in [0.2, 0.25) is 0 Å². The first kappa shape index (κ1) is 12.1. The largest absolute Gasteiger partial charge is 0.399 e. The minimum atomic E-state index is 0.354. The quantitative estimate of drug-likeness (QED) is 0.857. The van der Waals surface area contributed by atoms with Gasteiger partial charge in [-0.05, 0) is 59.4 Å². The molecule has 0 spiro atoms. The molecular weight excluding hydrogens is 238 g/mol. The van der Waals surface area contributed by atoms with Crippen LogP contribution in [0.5, 0.6) is 0 Å². The van der Waals surface area contributed by atoms with E-state index in [1.165, 1.54) is 19.3 Å². The van der Waals surface area contributed by atoms with Crippen LogP contribution in [-0.4, -0.2) is 20.2 Å². The van der Waals surface area contributed by atoms with Crippen LogP contribution < -0.4 is 5.73 Å². The molecule has 0 atom stereocenters. The van der Waals surface area contributed by atoms with E-state index in [1.807, 2.05) is 29.8 Å². The Morgan fingerprint density at radius 1 is 1.37 bits per heavy atom. The van der Waals surface area contributed by atoms with Crippen LogP contribution in [0.15, 0.2) is 18.2 Å². The number of hydrogen-bond donors (Lipinski definition) is 1. The molecule has 100 valence electrons. The lowest BCUT2D eigenvalue weighted by Gasteiger charge is -2.38. The van der Waals surface area contributed by atoms with Crippen molar-refractivity contribution in [2.45, 2.75) is 39.7 Å². The van der Waals surface area contributed by atoms with Gasteiger partial charge in [-0.15, -0.1) is 5.10 Å². The predicted octanol–water partition coefficient (Wildman–Crippen LogP) is 2.42. The van der Waals surface area contributed by atoms with Crippen LogP contribution in [0.1, 0.15) is 31.7 Å². The Morgan fingerprint density at radius 3 is 2.79 bits per heavy atom. The first-order valence-corrected chi connectivity index (χ1v) is 6.70. The van der Waals surface area contributed by atoms with Gasteiger partial charge in [-0.2, -0.15) is 0 Å². The molecule has 1 fully saturated rings. The van der Waals surface area contributed by atoms with E-state index in [2.05, 4.69) is 22.4 Å². The molecule has 1 aromatic carbocycles. The summed E-state index contributed by atoms with van der Waals surface area (Å²) >= 11 is 0. The molecule has 0 aliphatic heterocycles. The molecule has 5 nitrogen and oxygen atoms in total. The van der Waals surface area contributed by atoms with Gasteiger partial charge in [0.25, 0.3) is 0 Å². The molecule has 0 amide bonds. The third kappa shape index (κ3) is 2.20. The minimum Gasteiger partial charge on any atom is -0.399 e. The van der Waals surface area contributed by atoms with Gasteiger partial charge in [-0.25, -0.2) is 4.68 Å². The maximum atomic E-state index is 5.85. The lowest BCUT2D eigenvalue weighted by atomic mass is 9.70. The Bertz CT molecular complexity index is 598. The first-order chi connectivity index (χ1) is 9.07. The van der Waals surface area contributed by atoms with Crippen molar-refractivity contribution in [1.29, 1.82) is 0 Å². The van der Waals surface area contributed by atoms with E-state index >= 15 is 0 Å². The number of rotatable bonds is 3.